The van der Waals surface area contributed by atoms with Gasteiger partial charge in [-0.1, -0.05) is 0 Å². The highest BCUT2D eigenvalue weighted by Gasteiger charge is 2.22. The summed E-state index contributed by atoms with van der Waals surface area (Å²) in [5.41, 5.74) is 0.329. The normalized spacial score (nSPS) is 11.3. The van der Waals surface area contributed by atoms with E-state index in [1.165, 1.54) is 18.5 Å². The number of amides is 1. The molecule has 0 aliphatic carbocycles. The molecule has 0 radical (unpaired) electrons. The van der Waals surface area contributed by atoms with Crippen molar-refractivity contribution in [2.75, 3.05) is 11.9 Å². The molecular weight excluding hydrogens is 335 g/mol. The van der Waals surface area contributed by atoms with E-state index in [2.05, 4.69) is 10.3 Å². The summed E-state index contributed by atoms with van der Waals surface area (Å²) in [7, 11) is -4.53. The molecule has 6 nitrogen and oxygen atoms in total. The number of aromatic nitrogens is 1. The molecule has 2 rings (SSSR count). The maximum Gasteiger partial charge on any atom is 0.244 e. The lowest BCUT2D eigenvalue weighted by Gasteiger charge is -2.08. The molecule has 1 amide bonds. The zero-order chi connectivity index (χ0) is 17.0. The molecule has 1 aromatic carbocycles. The van der Waals surface area contributed by atoms with Crippen LogP contribution in [-0.2, 0) is 14.8 Å². The second-order valence-electron chi connectivity index (χ2n) is 4.31. The second-order valence-corrected chi connectivity index (χ2v) is 6.05. The maximum atomic E-state index is 13.5. The average molecular weight is 345 g/mol. The van der Waals surface area contributed by atoms with Gasteiger partial charge < -0.3 is 5.32 Å². The van der Waals surface area contributed by atoms with Gasteiger partial charge >= 0.3 is 0 Å². The number of carbonyl (C=O) groups excluding carboxylic acids is 1. The van der Waals surface area contributed by atoms with Crippen molar-refractivity contribution in [2.24, 2.45) is 0 Å². The van der Waals surface area contributed by atoms with Crippen molar-refractivity contribution in [1.29, 1.82) is 0 Å². The Balaban J connectivity index is 2.07. The number of halogens is 3. The number of nitrogens with one attached hydrogen (secondary N) is 2. The third-order valence-corrected chi connectivity index (χ3v) is 4.05. The van der Waals surface area contributed by atoms with Gasteiger partial charge in [0.2, 0.25) is 15.9 Å². The minimum absolute atomic E-state index is 0.111. The lowest BCUT2D eigenvalue weighted by molar-refractivity contribution is -0.115. The smallest absolute Gasteiger partial charge is 0.244 e. The Labute approximate surface area is 129 Å². The molecular formula is C13H10F3N3O3S. The number of hydrogen-bond donors (Lipinski definition) is 2. The van der Waals surface area contributed by atoms with Crippen LogP contribution in [0.25, 0.3) is 0 Å². The van der Waals surface area contributed by atoms with Crippen LogP contribution in [0.15, 0.2) is 41.6 Å². The monoisotopic (exact) mass is 345 g/mol. The van der Waals surface area contributed by atoms with Gasteiger partial charge in [-0.2, -0.15) is 0 Å². The van der Waals surface area contributed by atoms with Crippen LogP contribution in [0.5, 0.6) is 0 Å². The first-order valence-corrected chi connectivity index (χ1v) is 7.62. The van der Waals surface area contributed by atoms with Gasteiger partial charge in [-0.15, -0.1) is 0 Å². The Morgan fingerprint density at radius 2 is 1.83 bits per heavy atom. The number of benzene rings is 1. The van der Waals surface area contributed by atoms with Crippen LogP contribution in [0.4, 0.5) is 18.9 Å². The van der Waals surface area contributed by atoms with E-state index >= 15 is 0 Å². The first-order chi connectivity index (χ1) is 10.8. The van der Waals surface area contributed by atoms with Gasteiger partial charge in [0, 0.05) is 12.3 Å². The molecule has 1 heterocycles. The minimum Gasteiger partial charge on any atom is -0.324 e. The lowest BCUT2D eigenvalue weighted by Crippen LogP contribution is -2.33. The van der Waals surface area contributed by atoms with Crippen LogP contribution in [0.1, 0.15) is 0 Å². The summed E-state index contributed by atoms with van der Waals surface area (Å²) in [5, 5.41) is 2.34. The minimum atomic E-state index is -4.53. The number of sulfonamides is 1. The molecule has 2 N–H and O–H groups in total. The second kappa shape index (κ2) is 6.75. The fourth-order valence-electron chi connectivity index (χ4n) is 1.59. The van der Waals surface area contributed by atoms with E-state index in [1.807, 2.05) is 0 Å². The molecule has 0 saturated carbocycles. The summed E-state index contributed by atoms with van der Waals surface area (Å²) >= 11 is 0. The molecule has 0 fully saturated rings. The van der Waals surface area contributed by atoms with E-state index < -0.39 is 44.8 Å². The van der Waals surface area contributed by atoms with Crippen molar-refractivity contribution in [3.8, 4) is 0 Å². The SMILES string of the molecule is O=C(CNS(=O)(=O)c1cc(F)c(F)cc1F)Nc1cccnc1. The fourth-order valence-corrected chi connectivity index (χ4v) is 2.64. The molecule has 0 saturated heterocycles. The van der Waals surface area contributed by atoms with Crippen LogP contribution in [0.3, 0.4) is 0 Å². The summed E-state index contributed by atoms with van der Waals surface area (Å²) in [5.74, 6) is -5.25. The Bertz CT molecular complexity index is 829. The third kappa shape index (κ3) is 4.27. The van der Waals surface area contributed by atoms with E-state index in [0.29, 0.717) is 5.69 Å². The molecule has 23 heavy (non-hydrogen) atoms. The summed E-state index contributed by atoms with van der Waals surface area (Å²) in [6.07, 6.45) is 2.81. The molecule has 0 atom stereocenters. The average Bonchev–Trinajstić information content (AvgIpc) is 2.50. The van der Waals surface area contributed by atoms with Crippen molar-refractivity contribution in [2.45, 2.75) is 4.90 Å². The van der Waals surface area contributed by atoms with E-state index in [-0.39, 0.29) is 12.1 Å². The molecule has 0 aliphatic rings. The number of rotatable bonds is 5. The first-order valence-electron chi connectivity index (χ1n) is 6.13. The molecule has 2 aromatic rings. The topological polar surface area (TPSA) is 88.2 Å². The number of anilines is 1. The molecule has 122 valence electrons. The van der Waals surface area contributed by atoms with E-state index in [1.54, 1.807) is 10.8 Å². The van der Waals surface area contributed by atoms with Crippen LogP contribution in [0.2, 0.25) is 0 Å². The van der Waals surface area contributed by atoms with Gasteiger partial charge in [0.15, 0.2) is 11.6 Å². The zero-order valence-electron chi connectivity index (χ0n) is 11.4. The Morgan fingerprint density at radius 3 is 2.48 bits per heavy atom. The van der Waals surface area contributed by atoms with Crippen LogP contribution in [-0.4, -0.2) is 25.9 Å². The number of hydrogen-bond acceptors (Lipinski definition) is 4. The first kappa shape index (κ1) is 16.9. The molecule has 10 heteroatoms. The van der Waals surface area contributed by atoms with Crippen molar-refractivity contribution < 1.29 is 26.4 Å². The standard InChI is InChI=1S/C13H10F3N3O3S/c14-9-4-11(16)12(5-10(9)15)23(21,22)18-7-13(20)19-8-2-1-3-17-6-8/h1-6,18H,7H2,(H,19,20). The van der Waals surface area contributed by atoms with Crippen LogP contribution < -0.4 is 10.0 Å². The van der Waals surface area contributed by atoms with Crippen molar-refractivity contribution in [1.82, 2.24) is 9.71 Å². The van der Waals surface area contributed by atoms with E-state index in [4.69, 9.17) is 0 Å². The molecule has 0 aliphatic heterocycles. The highest BCUT2D eigenvalue weighted by molar-refractivity contribution is 7.89. The Morgan fingerprint density at radius 1 is 1.13 bits per heavy atom. The van der Waals surface area contributed by atoms with Gasteiger partial charge in [0.25, 0.3) is 0 Å². The van der Waals surface area contributed by atoms with Crippen molar-refractivity contribution in [3.05, 3.63) is 54.1 Å². The predicted octanol–water partition coefficient (Wildman–Crippen LogP) is 1.42. The predicted molar refractivity (Wildman–Crippen MR) is 74.4 cm³/mol. The highest BCUT2D eigenvalue weighted by atomic mass is 32.2. The number of carbonyl (C=O) groups is 1. The van der Waals surface area contributed by atoms with Crippen molar-refractivity contribution in [3.63, 3.8) is 0 Å². The highest BCUT2D eigenvalue weighted by Crippen LogP contribution is 2.18. The number of nitrogens with zero attached hydrogens (tertiary/aromatic N) is 1. The zero-order valence-corrected chi connectivity index (χ0v) is 12.2. The fraction of sp³-hybridized carbons (Fsp3) is 0.0769. The summed E-state index contributed by atoms with van der Waals surface area (Å²) in [4.78, 5) is 14.3. The van der Waals surface area contributed by atoms with Gasteiger partial charge in [-0.25, -0.2) is 26.3 Å². The lowest BCUT2D eigenvalue weighted by atomic mass is 10.3. The van der Waals surface area contributed by atoms with Gasteiger partial charge in [0.05, 0.1) is 18.4 Å². The summed E-state index contributed by atoms with van der Waals surface area (Å²) in [6.45, 7) is -0.727. The summed E-state index contributed by atoms with van der Waals surface area (Å²) in [6, 6.07) is 3.39. The largest absolute Gasteiger partial charge is 0.324 e. The van der Waals surface area contributed by atoms with Crippen LogP contribution >= 0.6 is 0 Å². The molecule has 0 bridgehead atoms. The third-order valence-electron chi connectivity index (χ3n) is 2.63. The molecule has 0 unspecified atom stereocenters. The van der Waals surface area contributed by atoms with Crippen molar-refractivity contribution >= 4 is 21.6 Å². The van der Waals surface area contributed by atoms with Gasteiger partial charge in [0.1, 0.15) is 10.7 Å². The van der Waals surface area contributed by atoms with Gasteiger partial charge in [-0.3, -0.25) is 9.78 Å². The maximum absolute atomic E-state index is 13.5. The molecule has 1 aromatic heterocycles. The Hall–Kier alpha value is -2.46. The van der Waals surface area contributed by atoms with Gasteiger partial charge in [-0.05, 0) is 18.2 Å². The quantitative estimate of drug-likeness (QED) is 0.802. The Kier molecular flexibility index (Phi) is 4.96. The molecule has 0 spiro atoms. The van der Waals surface area contributed by atoms with E-state index in [9.17, 15) is 26.4 Å². The van der Waals surface area contributed by atoms with E-state index in [0.717, 1.165) is 0 Å². The summed E-state index contributed by atoms with van der Waals surface area (Å²) < 4.78 is 64.8. The number of pyridine rings is 1. The van der Waals surface area contributed by atoms with Crippen LogP contribution in [0, 0.1) is 17.5 Å².